The Morgan fingerprint density at radius 2 is 1.24 bits per heavy atom. The molecular weight excluding hydrogens is 262 g/mol. The minimum absolute atomic E-state index is 0.330. The normalized spacial score (nSPS) is 14.6. The third kappa shape index (κ3) is 2.38. The molecule has 3 rings (SSSR count). The Hall–Kier alpha value is -2.68. The molecule has 21 heavy (non-hydrogen) atoms. The maximum absolute atomic E-state index is 12.2. The number of benzene rings is 2. The summed E-state index contributed by atoms with van der Waals surface area (Å²) in [7, 11) is 0. The van der Waals surface area contributed by atoms with Crippen LogP contribution in [0.1, 0.15) is 22.3 Å². The molecule has 1 heterocycles. The van der Waals surface area contributed by atoms with E-state index in [9.17, 15) is 9.59 Å². The van der Waals surface area contributed by atoms with Gasteiger partial charge in [0.25, 0.3) is 11.8 Å². The molecule has 0 bridgehead atoms. The molecule has 2 aromatic rings. The van der Waals surface area contributed by atoms with Gasteiger partial charge in [-0.2, -0.15) is 0 Å². The Balaban J connectivity index is 2.26. The first-order valence-electron chi connectivity index (χ1n) is 6.80. The molecule has 1 aliphatic heterocycles. The quantitative estimate of drug-likeness (QED) is 0.858. The van der Waals surface area contributed by atoms with Crippen LogP contribution in [-0.4, -0.2) is 11.8 Å². The maximum Gasteiger partial charge on any atom is 0.259 e. The molecule has 0 unspecified atom stereocenters. The second-order valence-corrected chi connectivity index (χ2v) is 5.28. The summed E-state index contributed by atoms with van der Waals surface area (Å²) < 4.78 is 0. The standard InChI is InChI=1S/C18H15NO2/c1-11-8-12(2)10-14(9-11)16-15(17(20)19-18(16)21)13-6-4-3-5-7-13/h3-10H,1-2H3,(H,19,20,21). The van der Waals surface area contributed by atoms with Crippen molar-refractivity contribution < 1.29 is 9.59 Å². The van der Waals surface area contributed by atoms with E-state index in [-0.39, 0.29) is 11.8 Å². The van der Waals surface area contributed by atoms with Crippen molar-refractivity contribution in [3.05, 3.63) is 70.8 Å². The molecule has 0 spiro atoms. The van der Waals surface area contributed by atoms with E-state index in [0.717, 1.165) is 22.3 Å². The number of imide groups is 1. The minimum atomic E-state index is -0.333. The summed E-state index contributed by atoms with van der Waals surface area (Å²) in [6.45, 7) is 3.96. The van der Waals surface area contributed by atoms with E-state index in [2.05, 4.69) is 5.32 Å². The molecule has 3 nitrogen and oxygen atoms in total. The highest BCUT2D eigenvalue weighted by Gasteiger charge is 2.32. The van der Waals surface area contributed by atoms with E-state index in [1.165, 1.54) is 0 Å². The SMILES string of the molecule is Cc1cc(C)cc(C2=C(c3ccccc3)C(=O)NC2=O)c1. The number of carbonyl (C=O) groups is 2. The summed E-state index contributed by atoms with van der Waals surface area (Å²) in [5.74, 6) is -0.663. The predicted octanol–water partition coefficient (Wildman–Crippen LogP) is 2.87. The Labute approximate surface area is 123 Å². The van der Waals surface area contributed by atoms with Crippen LogP contribution in [0.5, 0.6) is 0 Å². The number of amides is 2. The van der Waals surface area contributed by atoms with Crippen LogP contribution in [0.15, 0.2) is 48.5 Å². The Morgan fingerprint density at radius 1 is 0.714 bits per heavy atom. The number of carbonyl (C=O) groups excluding carboxylic acids is 2. The van der Waals surface area contributed by atoms with Crippen molar-refractivity contribution in [2.45, 2.75) is 13.8 Å². The highest BCUT2D eigenvalue weighted by molar-refractivity contribution is 6.49. The molecule has 0 aromatic heterocycles. The predicted molar refractivity (Wildman–Crippen MR) is 82.3 cm³/mol. The molecule has 0 atom stereocenters. The van der Waals surface area contributed by atoms with E-state index in [0.29, 0.717) is 11.1 Å². The van der Waals surface area contributed by atoms with Gasteiger partial charge in [-0.25, -0.2) is 0 Å². The molecule has 2 aromatic carbocycles. The smallest absolute Gasteiger partial charge is 0.259 e. The largest absolute Gasteiger partial charge is 0.288 e. The number of rotatable bonds is 2. The fourth-order valence-corrected chi connectivity index (χ4v) is 2.73. The minimum Gasteiger partial charge on any atom is -0.288 e. The zero-order valence-electron chi connectivity index (χ0n) is 11.9. The van der Waals surface area contributed by atoms with Crippen molar-refractivity contribution in [2.24, 2.45) is 0 Å². The second-order valence-electron chi connectivity index (χ2n) is 5.28. The van der Waals surface area contributed by atoms with Gasteiger partial charge in [-0.05, 0) is 25.0 Å². The van der Waals surface area contributed by atoms with Crippen LogP contribution in [0.2, 0.25) is 0 Å². The molecule has 2 amide bonds. The first-order valence-corrected chi connectivity index (χ1v) is 6.80. The molecule has 3 heteroatoms. The summed E-state index contributed by atoms with van der Waals surface area (Å²) in [5, 5.41) is 2.40. The van der Waals surface area contributed by atoms with E-state index in [1.54, 1.807) is 0 Å². The van der Waals surface area contributed by atoms with Gasteiger partial charge in [0, 0.05) is 0 Å². The summed E-state index contributed by atoms with van der Waals surface area (Å²) in [4.78, 5) is 24.4. The average molecular weight is 277 g/mol. The van der Waals surface area contributed by atoms with Gasteiger partial charge in [-0.3, -0.25) is 14.9 Å². The fraction of sp³-hybridized carbons (Fsp3) is 0.111. The Bertz CT molecular complexity index is 753. The zero-order valence-corrected chi connectivity index (χ0v) is 11.9. The first-order chi connectivity index (χ1) is 10.1. The topological polar surface area (TPSA) is 46.2 Å². The molecule has 0 fully saturated rings. The second kappa shape index (κ2) is 5.02. The van der Waals surface area contributed by atoms with Crippen molar-refractivity contribution >= 4 is 23.0 Å². The lowest BCUT2D eigenvalue weighted by Crippen LogP contribution is -2.22. The summed E-state index contributed by atoms with van der Waals surface area (Å²) in [6.07, 6.45) is 0. The lowest BCUT2D eigenvalue weighted by atomic mass is 9.94. The van der Waals surface area contributed by atoms with Crippen molar-refractivity contribution in [3.63, 3.8) is 0 Å². The summed E-state index contributed by atoms with van der Waals surface area (Å²) in [6, 6.07) is 15.2. The van der Waals surface area contributed by atoms with Gasteiger partial charge in [-0.1, -0.05) is 59.7 Å². The highest BCUT2D eigenvalue weighted by atomic mass is 16.2. The van der Waals surface area contributed by atoms with Crippen LogP contribution >= 0.6 is 0 Å². The molecule has 0 saturated heterocycles. The van der Waals surface area contributed by atoms with E-state index >= 15 is 0 Å². The Morgan fingerprint density at radius 3 is 1.81 bits per heavy atom. The van der Waals surface area contributed by atoms with Gasteiger partial charge in [0.1, 0.15) is 0 Å². The lowest BCUT2D eigenvalue weighted by Gasteiger charge is -2.07. The monoisotopic (exact) mass is 277 g/mol. The number of hydrogen-bond acceptors (Lipinski definition) is 2. The number of hydrogen-bond donors (Lipinski definition) is 1. The van der Waals surface area contributed by atoms with Crippen LogP contribution < -0.4 is 5.32 Å². The molecular formula is C18H15NO2. The van der Waals surface area contributed by atoms with Gasteiger partial charge in [0.2, 0.25) is 0 Å². The van der Waals surface area contributed by atoms with Crippen molar-refractivity contribution in [1.82, 2.24) is 5.32 Å². The summed E-state index contributed by atoms with van der Waals surface area (Å²) in [5.41, 5.74) is 4.59. The highest BCUT2D eigenvalue weighted by Crippen LogP contribution is 2.31. The van der Waals surface area contributed by atoms with Gasteiger partial charge in [0.15, 0.2) is 0 Å². The van der Waals surface area contributed by atoms with E-state index < -0.39 is 0 Å². The lowest BCUT2D eigenvalue weighted by molar-refractivity contribution is -0.122. The van der Waals surface area contributed by atoms with Crippen LogP contribution in [-0.2, 0) is 9.59 Å². The first kappa shape index (κ1) is 13.3. The van der Waals surface area contributed by atoms with Gasteiger partial charge in [0.05, 0.1) is 11.1 Å². The van der Waals surface area contributed by atoms with E-state index in [4.69, 9.17) is 0 Å². The zero-order chi connectivity index (χ0) is 15.0. The summed E-state index contributed by atoms with van der Waals surface area (Å²) >= 11 is 0. The van der Waals surface area contributed by atoms with Gasteiger partial charge >= 0.3 is 0 Å². The van der Waals surface area contributed by atoms with Crippen LogP contribution in [0, 0.1) is 13.8 Å². The fourth-order valence-electron chi connectivity index (χ4n) is 2.73. The van der Waals surface area contributed by atoms with Crippen LogP contribution in [0.4, 0.5) is 0 Å². The third-order valence-corrected chi connectivity index (χ3v) is 3.50. The third-order valence-electron chi connectivity index (χ3n) is 3.50. The Kier molecular flexibility index (Phi) is 3.18. The van der Waals surface area contributed by atoms with Crippen LogP contribution in [0.3, 0.4) is 0 Å². The van der Waals surface area contributed by atoms with Gasteiger partial charge in [-0.15, -0.1) is 0 Å². The molecule has 104 valence electrons. The van der Waals surface area contributed by atoms with Crippen molar-refractivity contribution in [2.75, 3.05) is 0 Å². The number of nitrogens with one attached hydrogen (secondary N) is 1. The number of aryl methyl sites for hydroxylation is 2. The van der Waals surface area contributed by atoms with Crippen molar-refractivity contribution in [3.8, 4) is 0 Å². The molecule has 0 radical (unpaired) electrons. The average Bonchev–Trinajstić information content (AvgIpc) is 2.73. The molecule has 0 saturated carbocycles. The molecule has 1 aliphatic rings. The van der Waals surface area contributed by atoms with E-state index in [1.807, 2.05) is 62.4 Å². The maximum atomic E-state index is 12.2. The molecule has 0 aliphatic carbocycles. The van der Waals surface area contributed by atoms with Crippen LogP contribution in [0.25, 0.3) is 11.1 Å². The molecule has 1 N–H and O–H groups in total. The van der Waals surface area contributed by atoms with Gasteiger partial charge < -0.3 is 0 Å². The van der Waals surface area contributed by atoms with Crippen molar-refractivity contribution in [1.29, 1.82) is 0 Å².